The van der Waals surface area contributed by atoms with Crippen LogP contribution >= 0.6 is 11.3 Å². The van der Waals surface area contributed by atoms with Crippen LogP contribution in [0.2, 0.25) is 0 Å². The van der Waals surface area contributed by atoms with Crippen molar-refractivity contribution in [3.05, 3.63) is 194 Å². The van der Waals surface area contributed by atoms with Crippen molar-refractivity contribution < 1.29 is 0 Å². The fourth-order valence-corrected chi connectivity index (χ4v) is 8.55. The first kappa shape index (κ1) is 30.1. The second-order valence-corrected chi connectivity index (χ2v) is 13.9. The molecule has 0 N–H and O–H groups in total. The van der Waals surface area contributed by atoms with Gasteiger partial charge in [0.05, 0.1) is 5.69 Å². The Morgan fingerprint density at radius 1 is 0.480 bits per heavy atom. The number of allylic oxidation sites excluding steroid dienone is 4. The minimum absolute atomic E-state index is 1.07. The molecule has 1 heterocycles. The first-order valence-electron chi connectivity index (χ1n) is 17.3. The Labute approximate surface area is 297 Å². The molecule has 7 aromatic carbocycles. The van der Waals surface area contributed by atoms with Crippen molar-refractivity contribution in [2.45, 2.75) is 12.8 Å². The standard InChI is InChI=1S/C48H35NS/c1-5-15-34(16-6-1)36-25-29-40(30-26-36)49(41-31-27-37(28-32-41)35-17-7-2-8-18-35)47-43(38-19-9-3-10-20-38)33-44-42-23-13-14-24-45(42)50-48(44)46(47)39-21-11-4-12-22-39/h1-7,9-17,19-33H,8,18H2. The highest BCUT2D eigenvalue weighted by molar-refractivity contribution is 7.26. The van der Waals surface area contributed by atoms with Crippen LogP contribution in [0.4, 0.5) is 17.1 Å². The van der Waals surface area contributed by atoms with Crippen LogP contribution in [0.15, 0.2) is 188 Å². The number of rotatable bonds is 7. The minimum atomic E-state index is 1.07. The van der Waals surface area contributed by atoms with Crippen molar-refractivity contribution in [2.24, 2.45) is 0 Å². The number of nitrogens with zero attached hydrogens (tertiary/aromatic N) is 1. The van der Waals surface area contributed by atoms with Crippen LogP contribution in [-0.4, -0.2) is 0 Å². The molecule has 0 unspecified atom stereocenters. The first-order chi connectivity index (χ1) is 24.8. The van der Waals surface area contributed by atoms with E-state index in [1.54, 1.807) is 0 Å². The van der Waals surface area contributed by atoms with Gasteiger partial charge in [0, 0.05) is 42.7 Å². The Balaban J connectivity index is 1.36. The predicted molar refractivity (Wildman–Crippen MR) is 217 cm³/mol. The number of hydrogen-bond donors (Lipinski definition) is 0. The van der Waals surface area contributed by atoms with Crippen molar-refractivity contribution in [3.8, 4) is 33.4 Å². The second-order valence-electron chi connectivity index (χ2n) is 12.8. The number of hydrogen-bond acceptors (Lipinski definition) is 2. The van der Waals surface area contributed by atoms with Gasteiger partial charge in [0.25, 0.3) is 0 Å². The summed E-state index contributed by atoms with van der Waals surface area (Å²) in [5.41, 5.74) is 13.4. The Bertz CT molecular complexity index is 2490. The molecule has 0 atom stereocenters. The number of fused-ring (bicyclic) bond motifs is 3. The molecule has 0 fully saturated rings. The van der Waals surface area contributed by atoms with Gasteiger partial charge < -0.3 is 4.90 Å². The lowest BCUT2D eigenvalue weighted by Crippen LogP contribution is -2.13. The summed E-state index contributed by atoms with van der Waals surface area (Å²) in [6.07, 6.45) is 8.85. The van der Waals surface area contributed by atoms with E-state index < -0.39 is 0 Å². The molecule has 0 saturated carbocycles. The first-order valence-corrected chi connectivity index (χ1v) is 18.1. The van der Waals surface area contributed by atoms with E-state index in [4.69, 9.17) is 0 Å². The van der Waals surface area contributed by atoms with Gasteiger partial charge in [-0.1, -0.05) is 152 Å². The van der Waals surface area contributed by atoms with Gasteiger partial charge in [-0.3, -0.25) is 0 Å². The highest BCUT2D eigenvalue weighted by Gasteiger charge is 2.26. The van der Waals surface area contributed by atoms with Crippen LogP contribution in [-0.2, 0) is 0 Å². The molecule has 0 bridgehead atoms. The molecule has 1 aliphatic rings. The van der Waals surface area contributed by atoms with Crippen molar-refractivity contribution in [3.63, 3.8) is 0 Å². The zero-order valence-electron chi connectivity index (χ0n) is 27.7. The van der Waals surface area contributed by atoms with E-state index in [0.717, 1.165) is 24.2 Å². The Kier molecular flexibility index (Phi) is 7.93. The lowest BCUT2D eigenvalue weighted by atomic mass is 9.91. The fraction of sp³-hybridized carbons (Fsp3) is 0.0417. The lowest BCUT2D eigenvalue weighted by molar-refractivity contribution is 1.05. The average molecular weight is 658 g/mol. The van der Waals surface area contributed by atoms with Gasteiger partial charge in [-0.25, -0.2) is 0 Å². The maximum absolute atomic E-state index is 2.49. The van der Waals surface area contributed by atoms with Crippen LogP contribution in [0.25, 0.3) is 59.1 Å². The summed E-state index contributed by atoms with van der Waals surface area (Å²) in [7, 11) is 0. The average Bonchev–Trinajstić information content (AvgIpc) is 3.58. The van der Waals surface area contributed by atoms with Gasteiger partial charge in [0.1, 0.15) is 0 Å². The molecule has 0 spiro atoms. The molecule has 1 nitrogen and oxygen atoms in total. The van der Waals surface area contributed by atoms with E-state index in [0.29, 0.717) is 0 Å². The minimum Gasteiger partial charge on any atom is -0.309 e. The smallest absolute Gasteiger partial charge is 0.0633 e. The van der Waals surface area contributed by atoms with E-state index in [-0.39, 0.29) is 0 Å². The quantitative estimate of drug-likeness (QED) is 0.165. The molecular formula is C48H35NS. The molecule has 0 aliphatic heterocycles. The van der Waals surface area contributed by atoms with E-state index in [2.05, 4.69) is 193 Å². The van der Waals surface area contributed by atoms with Gasteiger partial charge in [-0.2, -0.15) is 0 Å². The summed E-state index contributed by atoms with van der Waals surface area (Å²) in [5, 5.41) is 2.59. The summed E-state index contributed by atoms with van der Waals surface area (Å²) in [5.74, 6) is 0. The maximum atomic E-state index is 2.49. The van der Waals surface area contributed by atoms with Crippen LogP contribution in [0.5, 0.6) is 0 Å². The van der Waals surface area contributed by atoms with Crippen molar-refractivity contribution in [2.75, 3.05) is 4.90 Å². The highest BCUT2D eigenvalue weighted by Crippen LogP contribution is 2.53. The summed E-state index contributed by atoms with van der Waals surface area (Å²) < 4.78 is 2.60. The lowest BCUT2D eigenvalue weighted by Gasteiger charge is -2.31. The Hall–Kier alpha value is -5.96. The van der Waals surface area contributed by atoms with Crippen molar-refractivity contribution in [1.82, 2.24) is 0 Å². The zero-order valence-corrected chi connectivity index (χ0v) is 28.5. The normalized spacial score (nSPS) is 12.7. The predicted octanol–water partition coefficient (Wildman–Crippen LogP) is 14.3. The summed E-state index contributed by atoms with van der Waals surface area (Å²) in [6.45, 7) is 0. The third kappa shape index (κ3) is 5.54. The third-order valence-electron chi connectivity index (χ3n) is 9.76. The molecule has 9 rings (SSSR count). The van der Waals surface area contributed by atoms with Crippen LogP contribution in [0.3, 0.4) is 0 Å². The molecule has 1 aromatic heterocycles. The SMILES string of the molecule is C1=CCCC(c2ccc(N(c3ccc(-c4ccccc4)cc3)c3c(-c4ccccc4)cc4c(sc5ccccc54)c3-c3ccccc3)cc2)=C1. The van der Waals surface area contributed by atoms with Gasteiger partial charge in [-0.05, 0) is 82.6 Å². The topological polar surface area (TPSA) is 3.24 Å². The van der Waals surface area contributed by atoms with E-state index >= 15 is 0 Å². The van der Waals surface area contributed by atoms with Crippen LogP contribution in [0, 0.1) is 0 Å². The van der Waals surface area contributed by atoms with Gasteiger partial charge in [-0.15, -0.1) is 11.3 Å². The maximum Gasteiger partial charge on any atom is 0.0633 e. The fourth-order valence-electron chi connectivity index (χ4n) is 7.30. The second kappa shape index (κ2) is 13.2. The summed E-state index contributed by atoms with van der Waals surface area (Å²) >= 11 is 1.89. The van der Waals surface area contributed by atoms with E-state index in [1.165, 1.54) is 70.4 Å². The molecule has 0 radical (unpaired) electrons. The largest absolute Gasteiger partial charge is 0.309 e. The number of thiophene rings is 1. The molecule has 1 aliphatic carbocycles. The molecular weight excluding hydrogens is 623 g/mol. The third-order valence-corrected chi connectivity index (χ3v) is 11.0. The monoisotopic (exact) mass is 657 g/mol. The van der Waals surface area contributed by atoms with Gasteiger partial charge in [0.2, 0.25) is 0 Å². The number of benzene rings is 7. The van der Waals surface area contributed by atoms with Crippen molar-refractivity contribution >= 4 is 54.1 Å². The Morgan fingerprint density at radius 3 is 1.68 bits per heavy atom. The zero-order chi connectivity index (χ0) is 33.3. The molecule has 238 valence electrons. The van der Waals surface area contributed by atoms with Gasteiger partial charge in [0.15, 0.2) is 0 Å². The molecule has 2 heteroatoms. The molecule has 0 saturated heterocycles. The van der Waals surface area contributed by atoms with E-state index in [9.17, 15) is 0 Å². The van der Waals surface area contributed by atoms with Crippen LogP contribution < -0.4 is 4.90 Å². The Morgan fingerprint density at radius 2 is 1.04 bits per heavy atom. The molecule has 8 aromatic rings. The van der Waals surface area contributed by atoms with Crippen LogP contribution in [0.1, 0.15) is 18.4 Å². The molecule has 50 heavy (non-hydrogen) atoms. The van der Waals surface area contributed by atoms with E-state index in [1.807, 2.05) is 11.3 Å². The highest BCUT2D eigenvalue weighted by atomic mass is 32.1. The number of anilines is 3. The van der Waals surface area contributed by atoms with Gasteiger partial charge >= 0.3 is 0 Å². The van der Waals surface area contributed by atoms with Crippen molar-refractivity contribution in [1.29, 1.82) is 0 Å². The summed E-state index contributed by atoms with van der Waals surface area (Å²) in [6, 6.07) is 62.0. The summed E-state index contributed by atoms with van der Waals surface area (Å²) in [4.78, 5) is 2.49. The molecule has 0 amide bonds.